The van der Waals surface area contributed by atoms with E-state index in [9.17, 15) is 19.1 Å². The van der Waals surface area contributed by atoms with Gasteiger partial charge < -0.3 is 10.4 Å². The van der Waals surface area contributed by atoms with E-state index < -0.39 is 17.7 Å². The van der Waals surface area contributed by atoms with Crippen molar-refractivity contribution in [2.45, 2.75) is 17.6 Å². The quantitative estimate of drug-likeness (QED) is 0.861. The molecule has 0 bridgehead atoms. The molecule has 0 aliphatic carbocycles. The highest BCUT2D eigenvalue weighted by Crippen LogP contribution is 2.36. The van der Waals surface area contributed by atoms with E-state index in [1.165, 1.54) is 24.3 Å². The summed E-state index contributed by atoms with van der Waals surface area (Å²) < 4.78 is 13.0. The SMILES string of the molecule is O=C(O)C(CNC(=O)C1SCCc2ccccc21)c1ccc(F)cc1. The number of aryl methyl sites for hydroxylation is 1. The molecule has 2 atom stereocenters. The molecule has 2 unspecified atom stereocenters. The Balaban J connectivity index is 1.70. The van der Waals surface area contributed by atoms with Crippen LogP contribution in [0.1, 0.15) is 27.9 Å². The minimum absolute atomic E-state index is 0.0287. The zero-order chi connectivity index (χ0) is 17.8. The van der Waals surface area contributed by atoms with Gasteiger partial charge in [-0.3, -0.25) is 9.59 Å². The number of hydrogen-bond donors (Lipinski definition) is 2. The predicted molar refractivity (Wildman–Crippen MR) is 95.1 cm³/mol. The number of nitrogens with one attached hydrogen (secondary N) is 1. The molecule has 3 rings (SSSR count). The molecular weight excluding hydrogens is 341 g/mol. The van der Waals surface area contributed by atoms with Crippen LogP contribution >= 0.6 is 11.8 Å². The number of amides is 1. The zero-order valence-electron chi connectivity index (χ0n) is 13.4. The van der Waals surface area contributed by atoms with Crippen LogP contribution in [0.5, 0.6) is 0 Å². The number of carbonyl (C=O) groups is 2. The van der Waals surface area contributed by atoms with Gasteiger partial charge in [-0.25, -0.2) is 4.39 Å². The minimum Gasteiger partial charge on any atom is -0.481 e. The minimum atomic E-state index is -1.05. The molecule has 0 spiro atoms. The van der Waals surface area contributed by atoms with E-state index in [-0.39, 0.29) is 17.7 Å². The predicted octanol–water partition coefficient (Wildman–Crippen LogP) is 3.14. The average molecular weight is 359 g/mol. The Bertz CT molecular complexity index is 778. The van der Waals surface area contributed by atoms with Gasteiger partial charge in [-0.2, -0.15) is 0 Å². The summed E-state index contributed by atoms with van der Waals surface area (Å²) in [5, 5.41) is 11.9. The van der Waals surface area contributed by atoms with Crippen molar-refractivity contribution in [3.05, 3.63) is 71.0 Å². The summed E-state index contributed by atoms with van der Waals surface area (Å²) in [5.74, 6) is -1.72. The van der Waals surface area contributed by atoms with Gasteiger partial charge in [-0.1, -0.05) is 36.4 Å². The zero-order valence-corrected chi connectivity index (χ0v) is 14.3. The first-order valence-corrected chi connectivity index (χ1v) is 9.06. The number of thioether (sulfide) groups is 1. The van der Waals surface area contributed by atoms with Crippen LogP contribution in [-0.2, 0) is 16.0 Å². The van der Waals surface area contributed by atoms with Crippen LogP contribution in [0.15, 0.2) is 48.5 Å². The Morgan fingerprint density at radius 3 is 2.64 bits per heavy atom. The number of aliphatic carboxylic acids is 1. The van der Waals surface area contributed by atoms with Crippen molar-refractivity contribution in [2.75, 3.05) is 12.3 Å². The maximum absolute atomic E-state index is 13.0. The Hall–Kier alpha value is -2.34. The Labute approximate surface area is 149 Å². The van der Waals surface area contributed by atoms with Crippen molar-refractivity contribution in [1.29, 1.82) is 0 Å². The number of benzene rings is 2. The Morgan fingerprint density at radius 2 is 1.92 bits per heavy atom. The lowest BCUT2D eigenvalue weighted by molar-refractivity contribution is -0.138. The van der Waals surface area contributed by atoms with E-state index in [0.29, 0.717) is 5.56 Å². The van der Waals surface area contributed by atoms with Crippen LogP contribution < -0.4 is 5.32 Å². The second-order valence-corrected chi connectivity index (χ2v) is 7.10. The molecule has 2 aromatic rings. The summed E-state index contributed by atoms with van der Waals surface area (Å²) in [7, 11) is 0. The summed E-state index contributed by atoms with van der Waals surface area (Å²) >= 11 is 1.56. The van der Waals surface area contributed by atoms with Crippen LogP contribution in [0, 0.1) is 5.82 Å². The summed E-state index contributed by atoms with van der Waals surface area (Å²) in [6, 6.07) is 13.1. The summed E-state index contributed by atoms with van der Waals surface area (Å²) in [6.45, 7) is -0.0287. The first-order valence-electron chi connectivity index (χ1n) is 8.01. The van der Waals surface area contributed by atoms with Gasteiger partial charge in [0.2, 0.25) is 5.91 Å². The maximum Gasteiger partial charge on any atom is 0.312 e. The highest BCUT2D eigenvalue weighted by molar-refractivity contribution is 8.00. The molecule has 4 nitrogen and oxygen atoms in total. The highest BCUT2D eigenvalue weighted by atomic mass is 32.2. The molecule has 1 amide bonds. The fourth-order valence-corrected chi connectivity index (χ4v) is 4.17. The van der Waals surface area contributed by atoms with Crippen LogP contribution in [-0.4, -0.2) is 29.3 Å². The molecule has 2 N–H and O–H groups in total. The lowest BCUT2D eigenvalue weighted by atomic mass is 9.98. The largest absolute Gasteiger partial charge is 0.481 e. The van der Waals surface area contributed by atoms with E-state index in [1.54, 1.807) is 11.8 Å². The van der Waals surface area contributed by atoms with Gasteiger partial charge in [-0.05, 0) is 41.0 Å². The lowest BCUT2D eigenvalue weighted by Gasteiger charge is -2.25. The molecule has 25 heavy (non-hydrogen) atoms. The molecule has 0 aromatic heterocycles. The third-order valence-corrected chi connectivity index (χ3v) is 5.52. The standard InChI is InChI=1S/C19H18FNO3S/c20-14-7-5-13(6-8-14)16(19(23)24)11-21-18(22)17-15-4-2-1-3-12(15)9-10-25-17/h1-8,16-17H,9-11H2,(H,21,22)(H,23,24). The van der Waals surface area contributed by atoms with E-state index in [4.69, 9.17) is 0 Å². The van der Waals surface area contributed by atoms with E-state index >= 15 is 0 Å². The highest BCUT2D eigenvalue weighted by Gasteiger charge is 2.28. The number of fused-ring (bicyclic) bond motifs is 1. The van der Waals surface area contributed by atoms with Gasteiger partial charge >= 0.3 is 5.97 Å². The fourth-order valence-electron chi connectivity index (χ4n) is 2.95. The third kappa shape index (κ3) is 4.02. The number of carbonyl (C=O) groups excluding carboxylic acids is 1. The smallest absolute Gasteiger partial charge is 0.312 e. The van der Waals surface area contributed by atoms with Crippen molar-refractivity contribution in [3.63, 3.8) is 0 Å². The molecule has 1 heterocycles. The van der Waals surface area contributed by atoms with E-state index in [0.717, 1.165) is 23.3 Å². The van der Waals surface area contributed by atoms with Gasteiger partial charge in [0, 0.05) is 6.54 Å². The van der Waals surface area contributed by atoms with Crippen LogP contribution in [0.25, 0.3) is 0 Å². The molecular formula is C19H18FNO3S. The Kier molecular flexibility index (Phi) is 5.38. The third-order valence-electron chi connectivity index (χ3n) is 4.28. The van der Waals surface area contributed by atoms with Gasteiger partial charge in [-0.15, -0.1) is 11.8 Å². The van der Waals surface area contributed by atoms with E-state index in [2.05, 4.69) is 5.32 Å². The summed E-state index contributed by atoms with van der Waals surface area (Å²) in [5.41, 5.74) is 2.62. The molecule has 6 heteroatoms. The molecule has 0 saturated carbocycles. The van der Waals surface area contributed by atoms with E-state index in [1.807, 2.05) is 24.3 Å². The normalized spacial score (nSPS) is 17.4. The lowest BCUT2D eigenvalue weighted by Crippen LogP contribution is -2.35. The molecule has 130 valence electrons. The molecule has 1 aliphatic rings. The number of halogens is 1. The number of hydrogen-bond acceptors (Lipinski definition) is 3. The van der Waals surface area contributed by atoms with Gasteiger partial charge in [0.05, 0.1) is 5.92 Å². The number of rotatable bonds is 5. The van der Waals surface area contributed by atoms with Crippen LogP contribution in [0.2, 0.25) is 0 Å². The first-order chi connectivity index (χ1) is 12.1. The fraction of sp³-hybridized carbons (Fsp3) is 0.263. The van der Waals surface area contributed by atoms with Crippen molar-refractivity contribution in [2.24, 2.45) is 0 Å². The first kappa shape index (κ1) is 17.5. The van der Waals surface area contributed by atoms with Crippen molar-refractivity contribution < 1.29 is 19.1 Å². The Morgan fingerprint density at radius 1 is 1.20 bits per heavy atom. The van der Waals surface area contributed by atoms with Crippen LogP contribution in [0.3, 0.4) is 0 Å². The molecule has 0 fully saturated rings. The van der Waals surface area contributed by atoms with Gasteiger partial charge in [0.1, 0.15) is 11.1 Å². The van der Waals surface area contributed by atoms with Gasteiger partial charge in [0.15, 0.2) is 0 Å². The van der Waals surface area contributed by atoms with Gasteiger partial charge in [0.25, 0.3) is 0 Å². The van der Waals surface area contributed by atoms with Crippen molar-refractivity contribution >= 4 is 23.6 Å². The molecule has 2 aromatic carbocycles. The number of carboxylic acid groups (broad SMARTS) is 1. The monoisotopic (exact) mass is 359 g/mol. The summed E-state index contributed by atoms with van der Waals surface area (Å²) in [6.07, 6.45) is 0.929. The second-order valence-electron chi connectivity index (χ2n) is 5.89. The molecule has 0 saturated heterocycles. The molecule has 0 radical (unpaired) electrons. The number of carboxylic acids is 1. The second kappa shape index (κ2) is 7.70. The van der Waals surface area contributed by atoms with Crippen molar-refractivity contribution in [1.82, 2.24) is 5.32 Å². The van der Waals surface area contributed by atoms with Crippen molar-refractivity contribution in [3.8, 4) is 0 Å². The topological polar surface area (TPSA) is 66.4 Å². The molecule has 1 aliphatic heterocycles. The summed E-state index contributed by atoms with van der Waals surface area (Å²) in [4.78, 5) is 24.1. The van der Waals surface area contributed by atoms with Crippen LogP contribution in [0.4, 0.5) is 4.39 Å². The average Bonchev–Trinajstić information content (AvgIpc) is 2.62. The maximum atomic E-state index is 13.0.